The molecule has 3 nitrogen and oxygen atoms in total. The molecule has 0 N–H and O–H groups in total. The van der Waals surface area contributed by atoms with Gasteiger partial charge in [0.1, 0.15) is 11.5 Å². The minimum atomic E-state index is -0.665. The van der Waals surface area contributed by atoms with Gasteiger partial charge in [-0.2, -0.15) is 0 Å². The van der Waals surface area contributed by atoms with Gasteiger partial charge in [-0.1, -0.05) is 38.8 Å². The minimum Gasteiger partial charge on any atom is -0.394 e. The van der Waals surface area contributed by atoms with Crippen molar-refractivity contribution in [3.05, 3.63) is 57.6 Å². The minimum absolute atomic E-state index is 0.612. The van der Waals surface area contributed by atoms with Crippen LogP contribution in [0, 0.1) is 27.7 Å². The Balaban J connectivity index is 2.23. The summed E-state index contributed by atoms with van der Waals surface area (Å²) in [6.07, 6.45) is 5.46. The van der Waals surface area contributed by atoms with Crippen molar-refractivity contribution in [1.82, 2.24) is 0 Å². The highest BCUT2D eigenvalue weighted by atomic mass is 16.7. The summed E-state index contributed by atoms with van der Waals surface area (Å²) < 4.78 is 11.3. The Bertz CT molecular complexity index is 754. The number of benzene rings is 2. The Hall–Kier alpha value is -2.29. The van der Waals surface area contributed by atoms with Gasteiger partial charge in [0.05, 0.1) is 0 Å². The average Bonchev–Trinajstić information content (AvgIpc) is 2.67. The van der Waals surface area contributed by atoms with Gasteiger partial charge in [-0.3, -0.25) is 0 Å². The van der Waals surface area contributed by atoms with Crippen molar-refractivity contribution in [2.24, 2.45) is 0 Å². The maximum atomic E-state index is 12.6. The summed E-state index contributed by atoms with van der Waals surface area (Å²) >= 11 is 0. The van der Waals surface area contributed by atoms with E-state index in [0.717, 1.165) is 49.7 Å². The molecule has 3 heteroatoms. The molecular formula is C25H34O3. The molecule has 0 amide bonds. The van der Waals surface area contributed by atoms with E-state index in [1.165, 1.54) is 22.3 Å². The van der Waals surface area contributed by atoms with Crippen LogP contribution < -0.4 is 9.47 Å². The molecule has 0 spiro atoms. The molecule has 0 heterocycles. The molecule has 2 aromatic rings. The smallest absolute Gasteiger partial charge is 0.394 e. The van der Waals surface area contributed by atoms with E-state index in [4.69, 9.17) is 9.47 Å². The van der Waals surface area contributed by atoms with E-state index in [1.54, 1.807) is 0 Å². The quantitative estimate of drug-likeness (QED) is 0.358. The first-order chi connectivity index (χ1) is 13.4. The Labute approximate surface area is 170 Å². The molecule has 28 heavy (non-hydrogen) atoms. The number of carbonyl (C=O) groups is 1. The van der Waals surface area contributed by atoms with Gasteiger partial charge in [-0.05, 0) is 98.9 Å². The highest BCUT2D eigenvalue weighted by Crippen LogP contribution is 2.29. The molecule has 0 aromatic heterocycles. The summed E-state index contributed by atoms with van der Waals surface area (Å²) in [6, 6.07) is 7.76. The van der Waals surface area contributed by atoms with Gasteiger partial charge in [-0.15, -0.1) is 0 Å². The number of unbranched alkanes of at least 4 members (excludes halogenated alkanes) is 2. The fourth-order valence-corrected chi connectivity index (χ4v) is 3.42. The van der Waals surface area contributed by atoms with Crippen molar-refractivity contribution < 1.29 is 14.3 Å². The van der Waals surface area contributed by atoms with Gasteiger partial charge in [-0.25, -0.2) is 4.79 Å². The number of ether oxygens (including phenoxy) is 2. The SMILES string of the molecule is CCCCc1c(OC(=O)Oc2ccc(C)c(C)c2CCCC)ccc(C)c1C. The number of rotatable bonds is 8. The monoisotopic (exact) mass is 382 g/mol. The van der Waals surface area contributed by atoms with Crippen molar-refractivity contribution >= 4 is 6.16 Å². The lowest BCUT2D eigenvalue weighted by molar-refractivity contribution is 0.151. The first-order valence-corrected chi connectivity index (χ1v) is 10.5. The topological polar surface area (TPSA) is 35.5 Å². The maximum absolute atomic E-state index is 12.6. The second-order valence-electron chi connectivity index (χ2n) is 7.63. The van der Waals surface area contributed by atoms with Gasteiger partial charge in [0.25, 0.3) is 0 Å². The standard InChI is InChI=1S/C25H34O3/c1-7-9-11-21-19(5)17(3)13-15-23(21)27-25(26)28-24-16-14-18(4)20(6)22(24)12-10-8-2/h13-16H,7-12H2,1-6H3. The second-order valence-corrected chi connectivity index (χ2v) is 7.63. The van der Waals surface area contributed by atoms with Crippen molar-refractivity contribution in [2.45, 2.75) is 80.1 Å². The molecule has 0 aliphatic heterocycles. The van der Waals surface area contributed by atoms with Crippen LogP contribution in [0.25, 0.3) is 0 Å². The van der Waals surface area contributed by atoms with Crippen LogP contribution in [0.1, 0.15) is 72.9 Å². The molecule has 0 unspecified atom stereocenters. The van der Waals surface area contributed by atoms with E-state index in [9.17, 15) is 4.79 Å². The van der Waals surface area contributed by atoms with Crippen LogP contribution in [0.3, 0.4) is 0 Å². The molecular weight excluding hydrogens is 348 g/mol. The molecule has 0 aliphatic rings. The predicted molar refractivity (Wildman–Crippen MR) is 116 cm³/mol. The van der Waals surface area contributed by atoms with Gasteiger partial charge in [0.2, 0.25) is 0 Å². The van der Waals surface area contributed by atoms with Crippen molar-refractivity contribution in [3.8, 4) is 11.5 Å². The van der Waals surface area contributed by atoms with Crippen LogP contribution in [-0.4, -0.2) is 6.16 Å². The van der Waals surface area contributed by atoms with E-state index < -0.39 is 6.16 Å². The van der Waals surface area contributed by atoms with Crippen LogP contribution in [0.5, 0.6) is 11.5 Å². The normalized spacial score (nSPS) is 10.8. The first-order valence-electron chi connectivity index (χ1n) is 10.5. The van der Waals surface area contributed by atoms with Crippen LogP contribution in [0.2, 0.25) is 0 Å². The first kappa shape index (κ1) is 22.0. The molecule has 0 atom stereocenters. The molecule has 0 aliphatic carbocycles. The van der Waals surface area contributed by atoms with Crippen LogP contribution >= 0.6 is 0 Å². The predicted octanol–water partition coefficient (Wildman–Crippen LogP) is 7.18. The van der Waals surface area contributed by atoms with Crippen molar-refractivity contribution in [2.75, 3.05) is 0 Å². The Morgan fingerprint density at radius 2 is 1.11 bits per heavy atom. The summed E-state index contributed by atoms with van der Waals surface area (Å²) in [5, 5.41) is 0. The molecule has 2 rings (SSSR count). The average molecular weight is 383 g/mol. The van der Waals surface area contributed by atoms with Crippen molar-refractivity contribution in [1.29, 1.82) is 0 Å². The third kappa shape index (κ3) is 5.37. The van der Waals surface area contributed by atoms with E-state index >= 15 is 0 Å². The molecule has 0 radical (unpaired) electrons. The fraction of sp³-hybridized carbons (Fsp3) is 0.480. The lowest BCUT2D eigenvalue weighted by atomic mass is 9.98. The summed E-state index contributed by atoms with van der Waals surface area (Å²) in [5.74, 6) is 1.22. The summed E-state index contributed by atoms with van der Waals surface area (Å²) in [4.78, 5) is 12.6. The van der Waals surface area contributed by atoms with Gasteiger partial charge in [0.15, 0.2) is 0 Å². The number of carbonyl (C=O) groups excluding carboxylic acids is 1. The van der Waals surface area contributed by atoms with Crippen LogP contribution in [0.4, 0.5) is 4.79 Å². The van der Waals surface area contributed by atoms with Crippen molar-refractivity contribution in [3.63, 3.8) is 0 Å². The highest BCUT2D eigenvalue weighted by molar-refractivity contribution is 5.69. The van der Waals surface area contributed by atoms with E-state index in [0.29, 0.717) is 11.5 Å². The summed E-state index contributed by atoms with van der Waals surface area (Å²) in [6.45, 7) is 12.7. The van der Waals surface area contributed by atoms with Gasteiger partial charge in [0, 0.05) is 0 Å². The maximum Gasteiger partial charge on any atom is 0.519 e. The van der Waals surface area contributed by atoms with Gasteiger partial charge >= 0.3 is 6.16 Å². The lowest BCUT2D eigenvalue weighted by Gasteiger charge is -2.16. The summed E-state index contributed by atoms with van der Waals surface area (Å²) in [5.41, 5.74) is 7.00. The van der Waals surface area contributed by atoms with E-state index in [-0.39, 0.29) is 0 Å². The Morgan fingerprint density at radius 1 is 0.714 bits per heavy atom. The Morgan fingerprint density at radius 3 is 1.46 bits per heavy atom. The number of hydrogen-bond acceptors (Lipinski definition) is 3. The molecule has 0 bridgehead atoms. The molecule has 0 saturated heterocycles. The molecule has 152 valence electrons. The third-order valence-corrected chi connectivity index (χ3v) is 5.60. The zero-order chi connectivity index (χ0) is 20.7. The number of aryl methyl sites for hydroxylation is 2. The van der Waals surface area contributed by atoms with E-state index in [1.807, 2.05) is 24.3 Å². The number of hydrogen-bond donors (Lipinski definition) is 0. The van der Waals surface area contributed by atoms with Crippen LogP contribution in [-0.2, 0) is 12.8 Å². The van der Waals surface area contributed by atoms with Crippen LogP contribution in [0.15, 0.2) is 24.3 Å². The zero-order valence-electron chi connectivity index (χ0n) is 18.3. The zero-order valence-corrected chi connectivity index (χ0v) is 18.3. The Kier molecular flexibility index (Phi) is 8.10. The second kappa shape index (κ2) is 10.3. The highest BCUT2D eigenvalue weighted by Gasteiger charge is 2.17. The molecule has 0 saturated carbocycles. The summed E-state index contributed by atoms with van der Waals surface area (Å²) in [7, 11) is 0. The lowest BCUT2D eigenvalue weighted by Crippen LogP contribution is -2.16. The fourth-order valence-electron chi connectivity index (χ4n) is 3.42. The van der Waals surface area contributed by atoms with E-state index in [2.05, 4.69) is 41.5 Å². The van der Waals surface area contributed by atoms with Gasteiger partial charge < -0.3 is 9.47 Å². The molecule has 0 fully saturated rings. The third-order valence-electron chi connectivity index (χ3n) is 5.60. The molecule has 2 aromatic carbocycles. The largest absolute Gasteiger partial charge is 0.519 e.